The molecule has 0 saturated carbocycles. The maximum atomic E-state index is 5.41. The van der Waals surface area contributed by atoms with Gasteiger partial charge < -0.3 is 25.0 Å². The molecule has 6 nitrogen and oxygen atoms in total. The lowest BCUT2D eigenvalue weighted by atomic mass is 10.2. The summed E-state index contributed by atoms with van der Waals surface area (Å²) >= 11 is 0. The monoisotopic (exact) mass is 336 g/mol. The summed E-state index contributed by atoms with van der Waals surface area (Å²) in [5.41, 5.74) is 1.27. The van der Waals surface area contributed by atoms with E-state index in [-0.39, 0.29) is 0 Å². The molecule has 1 aromatic rings. The van der Waals surface area contributed by atoms with Crippen molar-refractivity contribution in [1.29, 1.82) is 0 Å². The minimum Gasteiger partial charge on any atom is -0.382 e. The number of anilines is 1. The average molecular weight is 336 g/mol. The van der Waals surface area contributed by atoms with E-state index in [1.165, 1.54) is 5.69 Å². The second-order valence-corrected chi connectivity index (χ2v) is 5.30. The number of ether oxygens (including phenoxy) is 2. The molecule has 24 heavy (non-hydrogen) atoms. The highest BCUT2D eigenvalue weighted by Gasteiger charge is 2.03. The van der Waals surface area contributed by atoms with E-state index in [2.05, 4.69) is 51.7 Å². The van der Waals surface area contributed by atoms with Crippen molar-refractivity contribution in [2.75, 3.05) is 65.1 Å². The van der Waals surface area contributed by atoms with Gasteiger partial charge >= 0.3 is 0 Å². The lowest BCUT2D eigenvalue weighted by Gasteiger charge is -2.23. The molecule has 0 heterocycles. The van der Waals surface area contributed by atoms with Crippen molar-refractivity contribution >= 4 is 11.6 Å². The molecule has 0 saturated heterocycles. The van der Waals surface area contributed by atoms with Crippen molar-refractivity contribution in [2.45, 2.75) is 13.3 Å². The first-order valence-electron chi connectivity index (χ1n) is 8.63. The second kappa shape index (κ2) is 13.6. The second-order valence-electron chi connectivity index (χ2n) is 5.30. The van der Waals surface area contributed by atoms with Crippen LogP contribution in [0.1, 0.15) is 13.3 Å². The van der Waals surface area contributed by atoms with Gasteiger partial charge in [-0.2, -0.15) is 0 Å². The van der Waals surface area contributed by atoms with Crippen molar-refractivity contribution < 1.29 is 9.47 Å². The average Bonchev–Trinajstić information content (AvgIpc) is 2.63. The summed E-state index contributed by atoms with van der Waals surface area (Å²) in [5, 5.41) is 6.57. The van der Waals surface area contributed by atoms with E-state index in [1.54, 1.807) is 14.2 Å². The van der Waals surface area contributed by atoms with Gasteiger partial charge in [-0.15, -0.1) is 0 Å². The Hall–Kier alpha value is -1.79. The number of nitrogens with one attached hydrogen (secondary N) is 2. The van der Waals surface area contributed by atoms with Gasteiger partial charge in [0.2, 0.25) is 0 Å². The minimum atomic E-state index is 0.622. The van der Waals surface area contributed by atoms with Crippen LogP contribution in [0.25, 0.3) is 0 Å². The zero-order chi connectivity index (χ0) is 17.5. The number of benzene rings is 1. The van der Waals surface area contributed by atoms with Gasteiger partial charge in [-0.1, -0.05) is 18.2 Å². The fourth-order valence-corrected chi connectivity index (χ4v) is 2.29. The molecular formula is C18H32N4O2. The predicted molar refractivity (Wildman–Crippen MR) is 101 cm³/mol. The van der Waals surface area contributed by atoms with Crippen molar-refractivity contribution in [2.24, 2.45) is 4.99 Å². The maximum Gasteiger partial charge on any atom is 0.191 e. The molecule has 0 aliphatic heterocycles. The number of para-hydroxylation sites is 1. The molecule has 0 spiro atoms. The van der Waals surface area contributed by atoms with E-state index in [0.717, 1.165) is 38.6 Å². The largest absolute Gasteiger partial charge is 0.382 e. The fourth-order valence-electron chi connectivity index (χ4n) is 2.29. The van der Waals surface area contributed by atoms with Gasteiger partial charge in [0.25, 0.3) is 0 Å². The summed E-state index contributed by atoms with van der Waals surface area (Å²) in [5.74, 6) is 0.813. The molecule has 2 N–H and O–H groups in total. The maximum absolute atomic E-state index is 5.41. The smallest absolute Gasteiger partial charge is 0.191 e. The van der Waals surface area contributed by atoms with Crippen LogP contribution in [-0.2, 0) is 9.47 Å². The Kier molecular flexibility index (Phi) is 11.5. The zero-order valence-electron chi connectivity index (χ0n) is 15.3. The van der Waals surface area contributed by atoms with E-state index >= 15 is 0 Å². The predicted octanol–water partition coefficient (Wildman–Crippen LogP) is 1.73. The van der Waals surface area contributed by atoms with Crippen LogP contribution in [0, 0.1) is 0 Å². The molecular weight excluding hydrogens is 304 g/mol. The first-order chi connectivity index (χ1) is 11.8. The van der Waals surface area contributed by atoms with Crippen LogP contribution in [0.2, 0.25) is 0 Å². The molecule has 0 radical (unpaired) electrons. The van der Waals surface area contributed by atoms with Gasteiger partial charge in [-0.3, -0.25) is 4.99 Å². The lowest BCUT2D eigenvalue weighted by Crippen LogP contribution is -2.40. The summed E-state index contributed by atoms with van der Waals surface area (Å²) in [4.78, 5) is 6.59. The molecule has 0 fully saturated rings. The van der Waals surface area contributed by atoms with Crippen molar-refractivity contribution in [3.05, 3.63) is 30.3 Å². The topological polar surface area (TPSA) is 58.1 Å². The number of nitrogens with zero attached hydrogens (tertiary/aromatic N) is 2. The fraction of sp³-hybridized carbons (Fsp3) is 0.611. The normalized spacial score (nSPS) is 11.4. The molecule has 0 atom stereocenters. The van der Waals surface area contributed by atoms with Gasteiger partial charge in [-0.25, -0.2) is 0 Å². The van der Waals surface area contributed by atoms with E-state index in [1.807, 2.05) is 6.07 Å². The molecule has 0 unspecified atom stereocenters. The van der Waals surface area contributed by atoms with Crippen LogP contribution in [0.3, 0.4) is 0 Å². The number of hydrogen-bond acceptors (Lipinski definition) is 4. The molecule has 1 aromatic carbocycles. The van der Waals surface area contributed by atoms with Gasteiger partial charge in [0.05, 0.1) is 19.8 Å². The van der Waals surface area contributed by atoms with Crippen molar-refractivity contribution in [3.63, 3.8) is 0 Å². The van der Waals surface area contributed by atoms with Gasteiger partial charge in [-0.05, 0) is 25.5 Å². The van der Waals surface area contributed by atoms with Crippen LogP contribution in [0.5, 0.6) is 0 Å². The van der Waals surface area contributed by atoms with Gasteiger partial charge in [0.1, 0.15) is 0 Å². The summed E-state index contributed by atoms with van der Waals surface area (Å²) in [6, 6.07) is 10.5. The van der Waals surface area contributed by atoms with E-state index in [0.29, 0.717) is 19.8 Å². The van der Waals surface area contributed by atoms with Crippen LogP contribution in [0.4, 0.5) is 5.69 Å². The van der Waals surface area contributed by atoms with Crippen molar-refractivity contribution in [1.82, 2.24) is 10.6 Å². The third kappa shape index (κ3) is 8.74. The Morgan fingerprint density at radius 2 is 1.83 bits per heavy atom. The molecule has 0 aliphatic carbocycles. The van der Waals surface area contributed by atoms with Gasteiger partial charge in [0.15, 0.2) is 5.96 Å². The first kappa shape index (κ1) is 20.3. The Labute approximate surface area is 146 Å². The highest BCUT2D eigenvalue weighted by atomic mass is 16.5. The lowest BCUT2D eigenvalue weighted by molar-refractivity contribution is 0.0733. The summed E-state index contributed by atoms with van der Waals surface area (Å²) in [7, 11) is 3.45. The third-order valence-corrected chi connectivity index (χ3v) is 3.59. The Balaban J connectivity index is 2.15. The number of rotatable bonds is 12. The van der Waals surface area contributed by atoms with Crippen LogP contribution in [0.15, 0.2) is 35.3 Å². The molecule has 0 bridgehead atoms. The summed E-state index contributed by atoms with van der Waals surface area (Å²) < 4.78 is 10.3. The Morgan fingerprint density at radius 1 is 1.08 bits per heavy atom. The van der Waals surface area contributed by atoms with E-state index in [9.17, 15) is 0 Å². The number of hydrogen-bond donors (Lipinski definition) is 2. The summed E-state index contributed by atoms with van der Waals surface area (Å²) in [6.07, 6.45) is 1.05. The molecule has 0 aromatic heterocycles. The highest BCUT2D eigenvalue weighted by Crippen LogP contribution is 2.12. The first-order valence-corrected chi connectivity index (χ1v) is 8.63. The number of guanidine groups is 1. The summed E-state index contributed by atoms with van der Waals surface area (Å²) in [6.45, 7) is 7.72. The van der Waals surface area contributed by atoms with E-state index in [4.69, 9.17) is 9.47 Å². The molecule has 136 valence electrons. The Bertz CT molecular complexity index is 440. The molecule has 1 rings (SSSR count). The van der Waals surface area contributed by atoms with Crippen molar-refractivity contribution in [3.8, 4) is 0 Å². The zero-order valence-corrected chi connectivity index (χ0v) is 15.3. The standard InChI is InChI=1S/C18H32N4O2/c1-4-22(17-9-6-5-7-10-17)13-8-11-20-18(19-2)21-12-14-24-16-15-23-3/h5-7,9-10H,4,8,11-16H2,1-3H3,(H2,19,20,21). The van der Waals surface area contributed by atoms with Crippen LogP contribution in [-0.4, -0.2) is 66.1 Å². The van der Waals surface area contributed by atoms with Crippen LogP contribution >= 0.6 is 0 Å². The van der Waals surface area contributed by atoms with E-state index < -0.39 is 0 Å². The molecule has 0 amide bonds. The molecule has 0 aliphatic rings. The highest BCUT2D eigenvalue weighted by molar-refractivity contribution is 5.79. The van der Waals surface area contributed by atoms with Crippen LogP contribution < -0.4 is 15.5 Å². The number of methoxy groups -OCH3 is 1. The molecule has 6 heteroatoms. The Morgan fingerprint density at radius 3 is 2.50 bits per heavy atom. The minimum absolute atomic E-state index is 0.622. The quantitative estimate of drug-likeness (QED) is 0.346. The number of aliphatic imine (C=N–C) groups is 1. The van der Waals surface area contributed by atoms with Gasteiger partial charge in [0, 0.05) is 46.0 Å². The third-order valence-electron chi connectivity index (χ3n) is 3.59. The SMILES string of the molecule is CCN(CCCNC(=NC)NCCOCCOC)c1ccccc1.